The Hall–Kier alpha value is -3.07. The minimum absolute atomic E-state index is 0.0114. The summed E-state index contributed by atoms with van der Waals surface area (Å²) in [4.78, 5) is 52.3. The Morgan fingerprint density at radius 2 is 1.91 bits per heavy atom. The summed E-state index contributed by atoms with van der Waals surface area (Å²) in [5.41, 5.74) is 0.891. The highest BCUT2D eigenvalue weighted by molar-refractivity contribution is 6.35. The standard InChI is InChI=1S/C22H25ClN4O5/c23-14-3-1-2-12-9-16(25-18(12)14)21(30)26-15(8-11-4-5-11)20(29)27-17(22(31)32)10-13-6-7-24-19(13)28/h1-3,9,11,13,15,17,25H,4-8,10H2,(H,24,28)(H,26,30)(H,27,29)(H,31,32)/t13-,15-,17-/m0/s1. The number of fused-ring (bicyclic) bond motifs is 1. The summed E-state index contributed by atoms with van der Waals surface area (Å²) >= 11 is 6.16. The molecule has 2 heterocycles. The molecule has 5 N–H and O–H groups in total. The van der Waals surface area contributed by atoms with Gasteiger partial charge in [-0.05, 0) is 37.3 Å². The Morgan fingerprint density at radius 1 is 1.12 bits per heavy atom. The molecule has 0 spiro atoms. The van der Waals surface area contributed by atoms with Crippen LogP contribution in [0.3, 0.4) is 0 Å². The number of H-pyrrole nitrogens is 1. The molecule has 1 saturated heterocycles. The van der Waals surface area contributed by atoms with Crippen molar-refractivity contribution in [2.24, 2.45) is 11.8 Å². The number of carbonyl (C=O) groups is 4. The van der Waals surface area contributed by atoms with Crippen LogP contribution in [0.25, 0.3) is 10.9 Å². The van der Waals surface area contributed by atoms with Crippen LogP contribution in [-0.2, 0) is 14.4 Å². The van der Waals surface area contributed by atoms with Crippen LogP contribution in [0.5, 0.6) is 0 Å². The van der Waals surface area contributed by atoms with Crippen LogP contribution in [0.4, 0.5) is 0 Å². The van der Waals surface area contributed by atoms with E-state index in [-0.39, 0.29) is 18.0 Å². The SMILES string of the molecule is O=C(N[C@@H](CC1CC1)C(=O)N[C@@H](C[C@@H]1CCNC1=O)C(=O)O)c1cc2cccc(Cl)c2[nH]1. The van der Waals surface area contributed by atoms with E-state index in [1.807, 2.05) is 6.07 Å². The van der Waals surface area contributed by atoms with E-state index in [9.17, 15) is 24.3 Å². The number of para-hydroxylation sites is 1. The number of amides is 3. The zero-order valence-corrected chi connectivity index (χ0v) is 18.1. The lowest BCUT2D eigenvalue weighted by Crippen LogP contribution is -2.52. The van der Waals surface area contributed by atoms with Crippen LogP contribution in [0.2, 0.25) is 5.02 Å². The molecule has 0 bridgehead atoms. The minimum Gasteiger partial charge on any atom is -0.480 e. The summed E-state index contributed by atoms with van der Waals surface area (Å²) in [6, 6.07) is 4.88. The minimum atomic E-state index is -1.21. The van der Waals surface area contributed by atoms with Crippen molar-refractivity contribution in [1.82, 2.24) is 20.9 Å². The van der Waals surface area contributed by atoms with Crippen molar-refractivity contribution in [3.8, 4) is 0 Å². The zero-order chi connectivity index (χ0) is 22.8. The van der Waals surface area contributed by atoms with Crippen molar-refractivity contribution in [3.63, 3.8) is 0 Å². The first-order chi connectivity index (χ1) is 15.3. The van der Waals surface area contributed by atoms with Crippen molar-refractivity contribution in [2.45, 2.75) is 44.2 Å². The lowest BCUT2D eigenvalue weighted by Gasteiger charge is -2.22. The summed E-state index contributed by atoms with van der Waals surface area (Å²) in [6.45, 7) is 0.499. The molecule has 4 rings (SSSR count). The average molecular weight is 461 g/mol. The fourth-order valence-corrected chi connectivity index (χ4v) is 4.27. The van der Waals surface area contributed by atoms with E-state index in [1.165, 1.54) is 0 Å². The molecule has 1 aromatic heterocycles. The van der Waals surface area contributed by atoms with E-state index >= 15 is 0 Å². The Morgan fingerprint density at radius 3 is 2.53 bits per heavy atom. The second kappa shape index (κ2) is 9.20. The molecular formula is C22H25ClN4O5. The van der Waals surface area contributed by atoms with Crippen LogP contribution in [-0.4, -0.2) is 52.4 Å². The van der Waals surface area contributed by atoms with Gasteiger partial charge in [0.2, 0.25) is 11.8 Å². The summed E-state index contributed by atoms with van der Waals surface area (Å²) in [6.07, 6.45) is 2.90. The topological polar surface area (TPSA) is 140 Å². The van der Waals surface area contributed by atoms with E-state index in [2.05, 4.69) is 20.9 Å². The summed E-state index contributed by atoms with van der Waals surface area (Å²) in [5.74, 6) is -2.59. The largest absolute Gasteiger partial charge is 0.480 e. The van der Waals surface area contributed by atoms with Crippen molar-refractivity contribution >= 4 is 46.2 Å². The Labute approximate surface area is 189 Å². The van der Waals surface area contributed by atoms with Gasteiger partial charge in [-0.2, -0.15) is 0 Å². The third-order valence-electron chi connectivity index (χ3n) is 6.04. The number of hydrogen-bond donors (Lipinski definition) is 5. The maximum atomic E-state index is 12.9. The molecule has 2 aromatic rings. The smallest absolute Gasteiger partial charge is 0.326 e. The lowest BCUT2D eigenvalue weighted by atomic mass is 9.98. The van der Waals surface area contributed by atoms with Crippen LogP contribution in [0.1, 0.15) is 42.6 Å². The number of halogens is 1. The number of aliphatic carboxylic acids is 1. The molecule has 2 fully saturated rings. The van der Waals surface area contributed by atoms with E-state index in [1.54, 1.807) is 18.2 Å². The number of benzene rings is 1. The van der Waals surface area contributed by atoms with Crippen molar-refractivity contribution in [1.29, 1.82) is 0 Å². The second-order valence-corrected chi connectivity index (χ2v) is 8.91. The zero-order valence-electron chi connectivity index (χ0n) is 17.3. The van der Waals surface area contributed by atoms with Crippen molar-refractivity contribution < 1.29 is 24.3 Å². The van der Waals surface area contributed by atoms with Gasteiger partial charge in [0.05, 0.1) is 10.5 Å². The molecule has 9 nitrogen and oxygen atoms in total. The van der Waals surface area contributed by atoms with Gasteiger partial charge < -0.3 is 26.0 Å². The van der Waals surface area contributed by atoms with Gasteiger partial charge in [-0.25, -0.2) is 4.79 Å². The Balaban J connectivity index is 1.45. The molecule has 1 saturated carbocycles. The molecule has 3 atom stereocenters. The molecular weight excluding hydrogens is 436 g/mol. The molecule has 1 aromatic carbocycles. The highest BCUT2D eigenvalue weighted by atomic mass is 35.5. The number of carboxylic acids is 1. The van der Waals surface area contributed by atoms with Crippen molar-refractivity contribution in [2.75, 3.05) is 6.54 Å². The highest BCUT2D eigenvalue weighted by Gasteiger charge is 2.35. The number of nitrogens with one attached hydrogen (secondary N) is 4. The second-order valence-electron chi connectivity index (χ2n) is 8.50. The Kier molecular flexibility index (Phi) is 6.36. The average Bonchev–Trinajstić information content (AvgIpc) is 3.30. The maximum Gasteiger partial charge on any atom is 0.326 e. The fraction of sp³-hybridized carbons (Fsp3) is 0.455. The first-order valence-corrected chi connectivity index (χ1v) is 11.1. The Bertz CT molecular complexity index is 1060. The molecule has 32 heavy (non-hydrogen) atoms. The first-order valence-electron chi connectivity index (χ1n) is 10.7. The fourth-order valence-electron chi connectivity index (χ4n) is 4.04. The number of hydrogen-bond acceptors (Lipinski definition) is 4. The summed E-state index contributed by atoms with van der Waals surface area (Å²) in [7, 11) is 0. The van der Waals surface area contributed by atoms with E-state index in [0.717, 1.165) is 18.2 Å². The normalized spacial score (nSPS) is 19.9. The van der Waals surface area contributed by atoms with Gasteiger partial charge in [-0.3, -0.25) is 14.4 Å². The molecule has 1 aliphatic heterocycles. The molecule has 170 valence electrons. The third kappa shape index (κ3) is 5.04. The van der Waals surface area contributed by atoms with Crippen LogP contribution >= 0.6 is 11.6 Å². The highest BCUT2D eigenvalue weighted by Crippen LogP contribution is 2.33. The lowest BCUT2D eigenvalue weighted by molar-refractivity contribution is -0.142. The molecule has 0 radical (unpaired) electrons. The number of carboxylic acid groups (broad SMARTS) is 1. The number of carbonyl (C=O) groups excluding carboxylic acids is 3. The van der Waals surface area contributed by atoms with E-state index in [0.29, 0.717) is 35.8 Å². The van der Waals surface area contributed by atoms with Crippen LogP contribution < -0.4 is 16.0 Å². The van der Waals surface area contributed by atoms with Gasteiger partial charge in [-0.15, -0.1) is 0 Å². The molecule has 10 heteroatoms. The van der Waals surface area contributed by atoms with Gasteiger partial charge in [0, 0.05) is 17.8 Å². The first kappa shape index (κ1) is 22.1. The van der Waals surface area contributed by atoms with Gasteiger partial charge in [0.15, 0.2) is 0 Å². The predicted molar refractivity (Wildman–Crippen MR) is 117 cm³/mol. The summed E-state index contributed by atoms with van der Waals surface area (Å²) < 4.78 is 0. The number of aromatic amines is 1. The number of aromatic nitrogens is 1. The quantitative estimate of drug-likeness (QED) is 0.388. The molecule has 2 aliphatic rings. The van der Waals surface area contributed by atoms with Crippen molar-refractivity contribution in [3.05, 3.63) is 35.0 Å². The predicted octanol–water partition coefficient (Wildman–Crippen LogP) is 1.82. The van der Waals surface area contributed by atoms with Crippen LogP contribution in [0, 0.1) is 11.8 Å². The van der Waals surface area contributed by atoms with E-state index < -0.39 is 35.8 Å². The monoisotopic (exact) mass is 460 g/mol. The van der Waals surface area contributed by atoms with Gasteiger partial charge in [0.25, 0.3) is 5.91 Å². The van der Waals surface area contributed by atoms with Gasteiger partial charge in [-0.1, -0.05) is 36.6 Å². The molecule has 0 unspecified atom stereocenters. The third-order valence-corrected chi connectivity index (χ3v) is 6.35. The maximum absolute atomic E-state index is 12.9. The number of rotatable bonds is 9. The van der Waals surface area contributed by atoms with Gasteiger partial charge in [0.1, 0.15) is 17.8 Å². The molecule has 3 amide bonds. The molecule has 1 aliphatic carbocycles. The summed E-state index contributed by atoms with van der Waals surface area (Å²) in [5, 5.41) is 18.7. The van der Waals surface area contributed by atoms with Gasteiger partial charge >= 0.3 is 5.97 Å². The van der Waals surface area contributed by atoms with Crippen LogP contribution in [0.15, 0.2) is 24.3 Å². The van der Waals surface area contributed by atoms with E-state index in [4.69, 9.17) is 11.6 Å².